The summed E-state index contributed by atoms with van der Waals surface area (Å²) in [7, 11) is 0. The third-order valence-electron chi connectivity index (χ3n) is 3.74. The highest BCUT2D eigenvalue weighted by Gasteiger charge is 2.01. The molecule has 0 bridgehead atoms. The van der Waals surface area contributed by atoms with Gasteiger partial charge in [-0.15, -0.1) is 0 Å². The van der Waals surface area contributed by atoms with Gasteiger partial charge in [0.1, 0.15) is 0 Å². The van der Waals surface area contributed by atoms with Gasteiger partial charge in [-0.3, -0.25) is 4.79 Å². The summed E-state index contributed by atoms with van der Waals surface area (Å²) >= 11 is 0. The molecule has 4 heteroatoms. The minimum Gasteiger partial charge on any atom is -0.481 e. The van der Waals surface area contributed by atoms with Gasteiger partial charge in [0.15, 0.2) is 0 Å². The number of hydrogen-bond donors (Lipinski definition) is 3. The smallest absolute Gasteiger partial charge is 0.303 e. The number of aliphatic hydroxyl groups is 2. The molecule has 138 valence electrons. The third kappa shape index (κ3) is 17.0. The molecule has 0 fully saturated rings. The monoisotopic (exact) mass is 338 g/mol. The van der Waals surface area contributed by atoms with Crippen molar-refractivity contribution in [2.45, 2.75) is 83.3 Å². The van der Waals surface area contributed by atoms with E-state index in [0.717, 1.165) is 12.8 Å². The van der Waals surface area contributed by atoms with Crippen LogP contribution in [0.1, 0.15) is 71.1 Å². The summed E-state index contributed by atoms with van der Waals surface area (Å²) in [5, 5.41) is 27.9. The van der Waals surface area contributed by atoms with Gasteiger partial charge in [0.05, 0.1) is 12.2 Å². The van der Waals surface area contributed by atoms with Gasteiger partial charge >= 0.3 is 5.97 Å². The summed E-state index contributed by atoms with van der Waals surface area (Å²) in [6.07, 6.45) is 18.7. The zero-order valence-corrected chi connectivity index (χ0v) is 14.9. The molecule has 2 atom stereocenters. The first-order chi connectivity index (χ1) is 11.6. The van der Waals surface area contributed by atoms with Crippen molar-refractivity contribution in [1.29, 1.82) is 0 Å². The molecule has 24 heavy (non-hydrogen) atoms. The lowest BCUT2D eigenvalue weighted by Crippen LogP contribution is -2.03. The van der Waals surface area contributed by atoms with E-state index in [1.54, 1.807) is 24.3 Å². The van der Waals surface area contributed by atoms with Crippen LogP contribution >= 0.6 is 0 Å². The van der Waals surface area contributed by atoms with Crippen molar-refractivity contribution in [3.05, 3.63) is 36.5 Å². The standard InChI is InChI=1S/C20H34O4/c1-2-3-4-5-6-9-13-18(21)14-10-7-8-11-15-19(22)16-12-17-20(23)24/h7-8,10-11,14-15,18-19,21-22H,2-6,9,12-13,16-17H2,1H3,(H,23,24)/b8-7-,14-10+,15-11+/t18-,19-/m1/s1. The Labute approximate surface area is 146 Å². The van der Waals surface area contributed by atoms with Crippen molar-refractivity contribution in [2.75, 3.05) is 0 Å². The Morgan fingerprint density at radius 1 is 0.792 bits per heavy atom. The number of carbonyl (C=O) groups is 1. The lowest BCUT2D eigenvalue weighted by Gasteiger charge is -2.04. The fourth-order valence-corrected chi connectivity index (χ4v) is 2.30. The SMILES string of the molecule is CCCCCCCC[C@@H](O)/C=C/C=C\C=C\[C@@H](O)CCCC(=O)O. The predicted octanol–water partition coefficient (Wildman–Crippen LogP) is 4.38. The summed E-state index contributed by atoms with van der Waals surface area (Å²) < 4.78 is 0. The molecule has 0 amide bonds. The van der Waals surface area contributed by atoms with Crippen molar-refractivity contribution < 1.29 is 20.1 Å². The molecule has 0 aromatic heterocycles. The fraction of sp³-hybridized carbons (Fsp3) is 0.650. The maximum atomic E-state index is 10.4. The number of aliphatic hydroxyl groups excluding tert-OH is 2. The summed E-state index contributed by atoms with van der Waals surface area (Å²) in [4.78, 5) is 10.4. The van der Waals surface area contributed by atoms with Crippen LogP contribution in [0, 0.1) is 0 Å². The van der Waals surface area contributed by atoms with E-state index in [4.69, 9.17) is 5.11 Å². The zero-order chi connectivity index (χ0) is 18.0. The highest BCUT2D eigenvalue weighted by Crippen LogP contribution is 2.09. The Hall–Kier alpha value is -1.39. The van der Waals surface area contributed by atoms with Gasteiger partial charge in [-0.2, -0.15) is 0 Å². The molecule has 3 N–H and O–H groups in total. The number of aliphatic carboxylic acids is 1. The molecule has 0 radical (unpaired) electrons. The van der Waals surface area contributed by atoms with Crippen molar-refractivity contribution in [2.24, 2.45) is 0 Å². The third-order valence-corrected chi connectivity index (χ3v) is 3.74. The Kier molecular flexibility index (Phi) is 15.5. The highest BCUT2D eigenvalue weighted by molar-refractivity contribution is 5.66. The minimum absolute atomic E-state index is 0.0833. The molecule has 0 spiro atoms. The van der Waals surface area contributed by atoms with Crippen LogP contribution in [-0.4, -0.2) is 33.5 Å². The van der Waals surface area contributed by atoms with Gasteiger partial charge in [-0.25, -0.2) is 0 Å². The van der Waals surface area contributed by atoms with Crippen LogP contribution in [-0.2, 0) is 4.79 Å². The van der Waals surface area contributed by atoms with Gasteiger partial charge in [0, 0.05) is 6.42 Å². The second kappa shape index (κ2) is 16.5. The van der Waals surface area contributed by atoms with Gasteiger partial charge < -0.3 is 15.3 Å². The van der Waals surface area contributed by atoms with Gasteiger partial charge in [-0.05, 0) is 19.3 Å². The van der Waals surface area contributed by atoms with E-state index in [2.05, 4.69) is 6.92 Å². The Balaban J connectivity index is 3.70. The molecule has 0 saturated heterocycles. The van der Waals surface area contributed by atoms with E-state index in [1.165, 1.54) is 32.1 Å². The Morgan fingerprint density at radius 2 is 1.29 bits per heavy atom. The van der Waals surface area contributed by atoms with E-state index in [-0.39, 0.29) is 6.42 Å². The van der Waals surface area contributed by atoms with Gasteiger partial charge in [0.2, 0.25) is 0 Å². The summed E-state index contributed by atoms with van der Waals surface area (Å²) in [6.45, 7) is 2.21. The normalized spacial score (nSPS) is 14.8. The number of allylic oxidation sites excluding steroid dienone is 4. The molecule has 0 unspecified atom stereocenters. The van der Waals surface area contributed by atoms with Crippen molar-refractivity contribution in [3.8, 4) is 0 Å². The minimum atomic E-state index is -0.837. The maximum Gasteiger partial charge on any atom is 0.303 e. The molecular weight excluding hydrogens is 304 g/mol. The van der Waals surface area contributed by atoms with Crippen LogP contribution in [0.2, 0.25) is 0 Å². The van der Waals surface area contributed by atoms with Crippen LogP contribution < -0.4 is 0 Å². The molecule has 0 rings (SSSR count). The van der Waals surface area contributed by atoms with Crippen molar-refractivity contribution in [1.82, 2.24) is 0 Å². The molecule has 0 aromatic rings. The first-order valence-corrected chi connectivity index (χ1v) is 9.15. The lowest BCUT2D eigenvalue weighted by atomic mass is 10.1. The second-order valence-electron chi connectivity index (χ2n) is 6.13. The number of carboxylic acids is 1. The van der Waals surface area contributed by atoms with Gasteiger partial charge in [-0.1, -0.05) is 81.9 Å². The zero-order valence-electron chi connectivity index (χ0n) is 14.9. The maximum absolute atomic E-state index is 10.4. The molecular formula is C20H34O4. The molecule has 0 heterocycles. The average molecular weight is 338 g/mol. The van der Waals surface area contributed by atoms with Crippen molar-refractivity contribution >= 4 is 5.97 Å². The first kappa shape index (κ1) is 22.6. The number of carboxylic acid groups (broad SMARTS) is 1. The largest absolute Gasteiger partial charge is 0.481 e. The quantitative estimate of drug-likeness (QED) is 0.306. The van der Waals surface area contributed by atoms with E-state index in [9.17, 15) is 15.0 Å². The first-order valence-electron chi connectivity index (χ1n) is 9.15. The number of hydrogen-bond acceptors (Lipinski definition) is 3. The highest BCUT2D eigenvalue weighted by atomic mass is 16.4. The van der Waals surface area contributed by atoms with Crippen LogP contribution in [0.4, 0.5) is 0 Å². The molecule has 4 nitrogen and oxygen atoms in total. The summed E-state index contributed by atoms with van der Waals surface area (Å²) in [6, 6.07) is 0. The summed E-state index contributed by atoms with van der Waals surface area (Å²) in [5.74, 6) is -0.837. The number of rotatable bonds is 15. The van der Waals surface area contributed by atoms with E-state index in [0.29, 0.717) is 12.8 Å². The predicted molar refractivity (Wildman–Crippen MR) is 98.9 cm³/mol. The molecule has 0 aliphatic rings. The fourth-order valence-electron chi connectivity index (χ4n) is 2.30. The average Bonchev–Trinajstić information content (AvgIpc) is 2.53. The Morgan fingerprint density at radius 3 is 1.83 bits per heavy atom. The Bertz CT molecular complexity index is 385. The molecule has 0 aromatic carbocycles. The van der Waals surface area contributed by atoms with Crippen LogP contribution in [0.3, 0.4) is 0 Å². The van der Waals surface area contributed by atoms with Gasteiger partial charge in [0.25, 0.3) is 0 Å². The number of unbranched alkanes of at least 4 members (excludes halogenated alkanes) is 5. The van der Waals surface area contributed by atoms with Crippen LogP contribution in [0.5, 0.6) is 0 Å². The van der Waals surface area contributed by atoms with E-state index >= 15 is 0 Å². The van der Waals surface area contributed by atoms with Crippen molar-refractivity contribution in [3.63, 3.8) is 0 Å². The second-order valence-corrected chi connectivity index (χ2v) is 6.13. The van der Waals surface area contributed by atoms with Crippen LogP contribution in [0.15, 0.2) is 36.5 Å². The topological polar surface area (TPSA) is 77.8 Å². The lowest BCUT2D eigenvalue weighted by molar-refractivity contribution is -0.137. The molecule has 0 aliphatic heterocycles. The molecule has 0 aliphatic carbocycles. The van der Waals surface area contributed by atoms with E-state index < -0.39 is 18.2 Å². The summed E-state index contributed by atoms with van der Waals surface area (Å²) in [5.41, 5.74) is 0. The molecule has 0 saturated carbocycles. The van der Waals surface area contributed by atoms with Crippen LogP contribution in [0.25, 0.3) is 0 Å². The van der Waals surface area contributed by atoms with E-state index in [1.807, 2.05) is 12.2 Å².